The maximum Gasteiger partial charge on any atom is 0.236 e. The third-order valence-electron chi connectivity index (χ3n) is 8.38. The minimum Gasteiger partial charge on any atom is -0.341 e. The third-order valence-corrected chi connectivity index (χ3v) is 9.38. The van der Waals surface area contributed by atoms with Crippen LogP contribution in [0.15, 0.2) is 66.0 Å². The highest BCUT2D eigenvalue weighted by molar-refractivity contribution is 7.10. The molecule has 1 saturated carbocycles. The Morgan fingerprint density at radius 2 is 1.62 bits per heavy atom. The van der Waals surface area contributed by atoms with Crippen LogP contribution < -0.4 is 0 Å². The summed E-state index contributed by atoms with van der Waals surface area (Å²) < 4.78 is 0. The number of aryl methyl sites for hydroxylation is 1. The number of hydrogen-bond donors (Lipinski definition) is 0. The summed E-state index contributed by atoms with van der Waals surface area (Å²) in [6, 6.07) is 21.3. The highest BCUT2D eigenvalue weighted by Gasteiger charge is 2.45. The molecule has 1 saturated heterocycles. The summed E-state index contributed by atoms with van der Waals surface area (Å²) in [5, 5.41) is 2.18. The van der Waals surface area contributed by atoms with Gasteiger partial charge in [-0.15, -0.1) is 11.3 Å². The lowest BCUT2D eigenvalue weighted by atomic mass is 9.90. The van der Waals surface area contributed by atoms with Gasteiger partial charge in [-0.2, -0.15) is 0 Å². The summed E-state index contributed by atoms with van der Waals surface area (Å²) in [5.74, 6) is 0.908. The lowest BCUT2D eigenvalue weighted by molar-refractivity contribution is -0.135. The summed E-state index contributed by atoms with van der Waals surface area (Å²) in [4.78, 5) is 34.6. The van der Waals surface area contributed by atoms with Gasteiger partial charge >= 0.3 is 0 Å². The number of nitrogens with zero attached hydrogens (tertiary/aromatic N) is 3. The Morgan fingerprint density at radius 1 is 0.865 bits per heavy atom. The Hall–Kier alpha value is -2.96. The van der Waals surface area contributed by atoms with Gasteiger partial charge in [0, 0.05) is 43.5 Å². The fraction of sp³-hybridized carbons (Fsp3) is 0.419. The van der Waals surface area contributed by atoms with E-state index in [1.54, 1.807) is 0 Å². The number of hydrogen-bond acceptors (Lipinski definition) is 4. The van der Waals surface area contributed by atoms with Crippen molar-refractivity contribution in [2.75, 3.05) is 39.3 Å². The summed E-state index contributed by atoms with van der Waals surface area (Å²) in [5.41, 5.74) is 5.18. The molecule has 1 aromatic heterocycles. The van der Waals surface area contributed by atoms with E-state index in [4.69, 9.17) is 0 Å². The molecule has 0 bridgehead atoms. The number of rotatable bonds is 5. The zero-order chi connectivity index (χ0) is 25.4. The van der Waals surface area contributed by atoms with E-state index < -0.39 is 0 Å². The molecule has 3 aliphatic rings. The monoisotopic (exact) mass is 513 g/mol. The van der Waals surface area contributed by atoms with Crippen LogP contribution in [0.5, 0.6) is 0 Å². The molecular weight excluding hydrogens is 478 g/mol. The van der Waals surface area contributed by atoms with Crippen molar-refractivity contribution in [3.8, 4) is 0 Å². The number of carbonyl (C=O) groups is 2. The Kier molecular flexibility index (Phi) is 6.87. The molecule has 3 atom stereocenters. The van der Waals surface area contributed by atoms with Gasteiger partial charge in [0.1, 0.15) is 0 Å². The van der Waals surface area contributed by atoms with Crippen molar-refractivity contribution >= 4 is 23.2 Å². The molecule has 2 aromatic carbocycles. The molecule has 2 fully saturated rings. The molecule has 5 nitrogen and oxygen atoms in total. The zero-order valence-corrected chi connectivity index (χ0v) is 22.3. The highest BCUT2D eigenvalue weighted by Crippen LogP contribution is 2.48. The Balaban J connectivity index is 1.10. The van der Waals surface area contributed by atoms with Crippen LogP contribution in [0.25, 0.3) is 0 Å². The van der Waals surface area contributed by atoms with E-state index in [1.807, 2.05) is 27.2 Å². The quantitative estimate of drug-likeness (QED) is 0.489. The van der Waals surface area contributed by atoms with Crippen molar-refractivity contribution in [1.82, 2.24) is 14.7 Å². The summed E-state index contributed by atoms with van der Waals surface area (Å²) in [6.07, 6.45) is 2.78. The first-order valence-electron chi connectivity index (χ1n) is 13.6. The molecule has 6 rings (SSSR count). The van der Waals surface area contributed by atoms with Crippen LogP contribution >= 0.6 is 11.3 Å². The average Bonchev–Trinajstić information content (AvgIpc) is 3.65. The molecule has 2 aliphatic heterocycles. The van der Waals surface area contributed by atoms with Gasteiger partial charge in [0.2, 0.25) is 11.8 Å². The maximum absolute atomic E-state index is 13.6. The summed E-state index contributed by atoms with van der Waals surface area (Å²) in [7, 11) is 0. The molecule has 6 heteroatoms. The minimum absolute atomic E-state index is 0.104. The van der Waals surface area contributed by atoms with E-state index in [9.17, 15) is 9.59 Å². The van der Waals surface area contributed by atoms with Gasteiger partial charge in [-0.1, -0.05) is 54.6 Å². The zero-order valence-electron chi connectivity index (χ0n) is 21.5. The molecule has 0 N–H and O–H groups in total. The molecular formula is C31H35N3O2S. The fourth-order valence-electron chi connectivity index (χ4n) is 6.23. The van der Waals surface area contributed by atoms with Crippen LogP contribution in [0.4, 0.5) is 0 Å². The second-order valence-corrected chi connectivity index (χ2v) is 11.7. The van der Waals surface area contributed by atoms with Crippen LogP contribution in [0.3, 0.4) is 0 Å². The van der Waals surface area contributed by atoms with Crippen molar-refractivity contribution in [2.45, 2.75) is 38.1 Å². The van der Waals surface area contributed by atoms with Gasteiger partial charge in [-0.05, 0) is 65.8 Å². The molecule has 0 spiro atoms. The van der Waals surface area contributed by atoms with Gasteiger partial charge in [0.25, 0.3) is 0 Å². The van der Waals surface area contributed by atoms with E-state index in [1.165, 1.54) is 27.1 Å². The number of carbonyl (C=O) groups excluding carboxylic acids is 2. The Bertz CT molecular complexity index is 1270. The maximum atomic E-state index is 13.6. The van der Waals surface area contributed by atoms with Crippen LogP contribution in [0.1, 0.15) is 51.9 Å². The Labute approximate surface area is 223 Å². The van der Waals surface area contributed by atoms with Gasteiger partial charge in [0.15, 0.2) is 0 Å². The lowest BCUT2D eigenvalue weighted by Crippen LogP contribution is -2.45. The number of amides is 2. The van der Waals surface area contributed by atoms with E-state index in [0.29, 0.717) is 25.6 Å². The lowest BCUT2D eigenvalue weighted by Gasteiger charge is -2.37. The summed E-state index contributed by atoms with van der Waals surface area (Å²) in [6.45, 7) is 6.20. The van der Waals surface area contributed by atoms with Crippen molar-refractivity contribution in [2.24, 2.45) is 5.92 Å². The minimum atomic E-state index is 0.104. The van der Waals surface area contributed by atoms with Gasteiger partial charge in [0.05, 0.1) is 12.6 Å². The molecule has 3 aromatic rings. The van der Waals surface area contributed by atoms with Crippen molar-refractivity contribution < 1.29 is 9.59 Å². The fourth-order valence-corrected chi connectivity index (χ4v) is 7.13. The van der Waals surface area contributed by atoms with Crippen molar-refractivity contribution in [3.63, 3.8) is 0 Å². The predicted octanol–water partition coefficient (Wildman–Crippen LogP) is 4.87. The first-order chi connectivity index (χ1) is 18.1. The van der Waals surface area contributed by atoms with Crippen LogP contribution in [0.2, 0.25) is 0 Å². The van der Waals surface area contributed by atoms with Crippen LogP contribution in [-0.2, 0) is 16.0 Å². The van der Waals surface area contributed by atoms with Crippen molar-refractivity contribution in [3.05, 3.63) is 93.2 Å². The predicted molar refractivity (Wildman–Crippen MR) is 148 cm³/mol. The molecule has 192 valence electrons. The first-order valence-corrected chi connectivity index (χ1v) is 14.5. The molecule has 0 radical (unpaired) electrons. The Morgan fingerprint density at radius 3 is 2.46 bits per heavy atom. The highest BCUT2D eigenvalue weighted by atomic mass is 32.1. The molecule has 0 unspecified atom stereocenters. The second-order valence-electron chi connectivity index (χ2n) is 10.7. The van der Waals surface area contributed by atoms with Crippen molar-refractivity contribution in [1.29, 1.82) is 0 Å². The van der Waals surface area contributed by atoms with Crippen LogP contribution in [0, 0.1) is 12.8 Å². The largest absolute Gasteiger partial charge is 0.341 e. The number of thiophene rings is 1. The van der Waals surface area contributed by atoms with E-state index in [-0.39, 0.29) is 23.8 Å². The first kappa shape index (κ1) is 24.4. The van der Waals surface area contributed by atoms with Gasteiger partial charge in [-0.25, -0.2) is 0 Å². The topological polar surface area (TPSA) is 43.9 Å². The van der Waals surface area contributed by atoms with Gasteiger partial charge in [-0.3, -0.25) is 14.5 Å². The number of benzene rings is 2. The number of fused-ring (bicyclic) bond motifs is 1. The van der Waals surface area contributed by atoms with E-state index >= 15 is 0 Å². The van der Waals surface area contributed by atoms with Crippen LogP contribution in [-0.4, -0.2) is 65.8 Å². The SMILES string of the molecule is Cc1ccccc1[C@H]1c2ccsc2CCN1CC(=O)N1CCCN(C(=O)[C@@H]2C[C@H]2c2ccccc2)CC1. The standard InChI is InChI=1S/C31H35N3O2S/c1-22-8-5-6-11-24(22)30-25-13-19-37-28(25)12-16-34(30)21-29(35)32-14-7-15-33(18-17-32)31(36)27-20-26(27)23-9-3-2-4-10-23/h2-6,8-11,13,19,26-27,30H,7,12,14-18,20-21H2,1H3/t26-,27+,30-/m0/s1. The second kappa shape index (κ2) is 10.4. The van der Waals surface area contributed by atoms with Gasteiger partial charge < -0.3 is 9.80 Å². The molecule has 1 aliphatic carbocycles. The molecule has 2 amide bonds. The van der Waals surface area contributed by atoms with E-state index in [0.717, 1.165) is 38.9 Å². The normalized spacial score (nSPS) is 23.9. The third kappa shape index (κ3) is 4.97. The smallest absolute Gasteiger partial charge is 0.236 e. The van der Waals surface area contributed by atoms with E-state index in [2.05, 4.69) is 71.8 Å². The summed E-state index contributed by atoms with van der Waals surface area (Å²) >= 11 is 1.83. The molecule has 3 heterocycles. The average molecular weight is 514 g/mol. The molecule has 37 heavy (non-hydrogen) atoms.